The first-order valence-electron chi connectivity index (χ1n) is 9.89. The fraction of sp³-hybridized carbons (Fsp3) is 0.947. The van der Waals surface area contributed by atoms with Gasteiger partial charge in [0, 0.05) is 45.4 Å². The van der Waals surface area contributed by atoms with Crippen LogP contribution in [0.3, 0.4) is 0 Å². The molecule has 3 aliphatic heterocycles. The first kappa shape index (κ1) is 18.0. The summed E-state index contributed by atoms with van der Waals surface area (Å²) in [6.07, 6.45) is 7.49. The van der Waals surface area contributed by atoms with Crippen molar-refractivity contribution in [1.29, 1.82) is 0 Å². The summed E-state index contributed by atoms with van der Waals surface area (Å²) in [5.74, 6) is 1.09. The molecule has 3 aliphatic rings. The van der Waals surface area contributed by atoms with Crippen molar-refractivity contribution in [2.45, 2.75) is 57.9 Å². The zero-order chi connectivity index (χ0) is 17.0. The van der Waals surface area contributed by atoms with Crippen LogP contribution in [0.1, 0.15) is 52.4 Å². The molecule has 3 saturated heterocycles. The number of hydrogen-bond acceptors (Lipinski definition) is 3. The van der Waals surface area contributed by atoms with Gasteiger partial charge in [-0.25, -0.2) is 0 Å². The molecular weight excluding hydrogens is 300 g/mol. The molecule has 0 aromatic carbocycles. The topological polar surface area (TPSA) is 40.1 Å². The maximum atomic E-state index is 5.66. The fourth-order valence-corrected chi connectivity index (χ4v) is 4.62. The molecule has 24 heavy (non-hydrogen) atoms. The lowest BCUT2D eigenvalue weighted by atomic mass is 9.87. The second-order valence-electron chi connectivity index (χ2n) is 8.27. The number of hydrogen-bond donors (Lipinski definition) is 1. The Hall–Kier alpha value is -0.810. The van der Waals surface area contributed by atoms with E-state index in [-0.39, 0.29) is 5.54 Å². The Morgan fingerprint density at radius 1 is 1.12 bits per heavy atom. The Morgan fingerprint density at radius 2 is 1.83 bits per heavy atom. The smallest absolute Gasteiger partial charge is 0.193 e. The molecule has 0 amide bonds. The average Bonchev–Trinajstić information content (AvgIpc) is 3.27. The Bertz CT molecular complexity index is 441. The Kier molecular flexibility index (Phi) is 5.70. The molecule has 3 fully saturated rings. The summed E-state index contributed by atoms with van der Waals surface area (Å²) in [6.45, 7) is 12.3. The van der Waals surface area contributed by atoms with E-state index in [1.54, 1.807) is 0 Å². The van der Waals surface area contributed by atoms with Crippen LogP contribution in [0.25, 0.3) is 0 Å². The summed E-state index contributed by atoms with van der Waals surface area (Å²) in [5.41, 5.74) is 0.710. The van der Waals surface area contributed by atoms with Gasteiger partial charge in [0.05, 0.1) is 0 Å². The molecule has 0 aromatic heterocycles. The number of likely N-dealkylation sites (tertiary alicyclic amines) is 2. The van der Waals surface area contributed by atoms with Crippen molar-refractivity contribution in [1.82, 2.24) is 15.1 Å². The lowest BCUT2D eigenvalue weighted by molar-refractivity contribution is -0.0166. The monoisotopic (exact) mass is 336 g/mol. The lowest BCUT2D eigenvalue weighted by Gasteiger charge is -2.45. The van der Waals surface area contributed by atoms with Gasteiger partial charge in [0.1, 0.15) is 0 Å². The van der Waals surface area contributed by atoms with E-state index in [9.17, 15) is 0 Å². The van der Waals surface area contributed by atoms with Crippen LogP contribution in [0, 0.1) is 5.41 Å². The maximum absolute atomic E-state index is 5.66. The van der Waals surface area contributed by atoms with E-state index in [0.29, 0.717) is 5.41 Å². The highest BCUT2D eigenvalue weighted by Crippen LogP contribution is 2.34. The lowest BCUT2D eigenvalue weighted by Crippen LogP contribution is -2.58. The highest BCUT2D eigenvalue weighted by atomic mass is 16.5. The van der Waals surface area contributed by atoms with E-state index in [1.807, 2.05) is 7.05 Å². The molecule has 1 atom stereocenters. The minimum atomic E-state index is 0.262. The number of rotatable bonds is 4. The molecule has 3 rings (SSSR count). The van der Waals surface area contributed by atoms with E-state index < -0.39 is 0 Å². The van der Waals surface area contributed by atoms with Gasteiger partial charge in [0.15, 0.2) is 5.96 Å². The number of aliphatic imine (C=N–C) groups is 1. The van der Waals surface area contributed by atoms with E-state index in [2.05, 4.69) is 34.0 Å². The Morgan fingerprint density at radius 3 is 2.42 bits per heavy atom. The summed E-state index contributed by atoms with van der Waals surface area (Å²) in [6, 6.07) is 0. The minimum Gasteiger partial charge on any atom is -0.381 e. The third kappa shape index (κ3) is 3.72. The van der Waals surface area contributed by atoms with Gasteiger partial charge < -0.3 is 15.0 Å². The van der Waals surface area contributed by atoms with E-state index in [4.69, 9.17) is 4.74 Å². The predicted octanol–water partition coefficient (Wildman–Crippen LogP) is 2.33. The minimum absolute atomic E-state index is 0.262. The summed E-state index contributed by atoms with van der Waals surface area (Å²) < 4.78 is 5.66. The second-order valence-corrected chi connectivity index (χ2v) is 8.27. The van der Waals surface area contributed by atoms with Crippen LogP contribution in [0.15, 0.2) is 4.99 Å². The standard InChI is InChI=1S/C19H36N4O/c1-4-18(2)7-12-22(16-18)17(20-3)21-15-19(8-13-24-14-9-19)23-10-5-6-11-23/h4-16H2,1-3H3,(H,20,21). The predicted molar refractivity (Wildman–Crippen MR) is 99.5 cm³/mol. The van der Waals surface area contributed by atoms with Gasteiger partial charge >= 0.3 is 0 Å². The summed E-state index contributed by atoms with van der Waals surface area (Å²) in [4.78, 5) is 9.77. The summed E-state index contributed by atoms with van der Waals surface area (Å²) >= 11 is 0. The maximum Gasteiger partial charge on any atom is 0.193 e. The molecule has 1 unspecified atom stereocenters. The molecule has 1 N–H and O–H groups in total. The molecule has 0 spiro atoms. The molecule has 5 heteroatoms. The molecule has 0 aliphatic carbocycles. The van der Waals surface area contributed by atoms with E-state index >= 15 is 0 Å². The van der Waals surface area contributed by atoms with Crippen molar-refractivity contribution in [2.24, 2.45) is 10.4 Å². The summed E-state index contributed by atoms with van der Waals surface area (Å²) in [7, 11) is 1.93. The van der Waals surface area contributed by atoms with Crippen molar-refractivity contribution in [3.05, 3.63) is 0 Å². The number of guanidine groups is 1. The average molecular weight is 337 g/mol. The third-order valence-corrected chi connectivity index (χ3v) is 6.70. The normalized spacial score (nSPS) is 31.6. The number of ether oxygens (including phenoxy) is 1. The van der Waals surface area contributed by atoms with Gasteiger partial charge in [-0.1, -0.05) is 13.8 Å². The molecule has 3 heterocycles. The third-order valence-electron chi connectivity index (χ3n) is 6.70. The Balaban J connectivity index is 1.63. The summed E-state index contributed by atoms with van der Waals surface area (Å²) in [5, 5.41) is 3.74. The molecule has 0 saturated carbocycles. The first-order chi connectivity index (χ1) is 11.6. The van der Waals surface area contributed by atoms with E-state index in [0.717, 1.165) is 51.6 Å². The van der Waals surface area contributed by atoms with Crippen LogP contribution in [-0.4, -0.2) is 74.3 Å². The molecule has 138 valence electrons. The van der Waals surface area contributed by atoms with Crippen molar-refractivity contribution >= 4 is 5.96 Å². The number of nitrogens with zero attached hydrogens (tertiary/aromatic N) is 3. The first-order valence-corrected chi connectivity index (χ1v) is 9.89. The van der Waals surface area contributed by atoms with Crippen LogP contribution in [0.5, 0.6) is 0 Å². The fourth-order valence-electron chi connectivity index (χ4n) is 4.62. The Labute approximate surface area is 147 Å². The van der Waals surface area contributed by atoms with Crippen LogP contribution >= 0.6 is 0 Å². The van der Waals surface area contributed by atoms with Crippen LogP contribution < -0.4 is 5.32 Å². The van der Waals surface area contributed by atoms with Gasteiger partial charge in [-0.15, -0.1) is 0 Å². The highest BCUT2D eigenvalue weighted by molar-refractivity contribution is 5.80. The molecule has 0 radical (unpaired) electrons. The van der Waals surface area contributed by atoms with Crippen molar-refractivity contribution in [2.75, 3.05) is 53.0 Å². The molecule has 0 aromatic rings. The molecule has 5 nitrogen and oxygen atoms in total. The van der Waals surface area contributed by atoms with Gasteiger partial charge in [0.25, 0.3) is 0 Å². The quantitative estimate of drug-likeness (QED) is 0.632. The molecular formula is C19H36N4O. The van der Waals surface area contributed by atoms with Crippen molar-refractivity contribution in [3.63, 3.8) is 0 Å². The zero-order valence-corrected chi connectivity index (χ0v) is 15.9. The van der Waals surface area contributed by atoms with Crippen LogP contribution in [0.4, 0.5) is 0 Å². The van der Waals surface area contributed by atoms with Crippen molar-refractivity contribution in [3.8, 4) is 0 Å². The number of nitrogens with one attached hydrogen (secondary N) is 1. The second kappa shape index (κ2) is 7.61. The van der Waals surface area contributed by atoms with Gasteiger partial charge in [-0.2, -0.15) is 0 Å². The molecule has 0 bridgehead atoms. The zero-order valence-electron chi connectivity index (χ0n) is 15.9. The van der Waals surface area contributed by atoms with Crippen molar-refractivity contribution < 1.29 is 4.74 Å². The SMILES string of the molecule is CCC1(C)CCN(C(=NC)NCC2(N3CCCC3)CCOCC2)C1. The van der Waals surface area contributed by atoms with E-state index in [1.165, 1.54) is 38.8 Å². The van der Waals surface area contributed by atoms with Crippen LogP contribution in [0.2, 0.25) is 0 Å². The van der Waals surface area contributed by atoms with Gasteiger partial charge in [0.2, 0.25) is 0 Å². The highest BCUT2D eigenvalue weighted by Gasteiger charge is 2.40. The largest absolute Gasteiger partial charge is 0.381 e. The van der Waals surface area contributed by atoms with Crippen LogP contribution in [-0.2, 0) is 4.74 Å². The van der Waals surface area contributed by atoms with Gasteiger partial charge in [-0.3, -0.25) is 9.89 Å². The van der Waals surface area contributed by atoms with Gasteiger partial charge in [-0.05, 0) is 57.0 Å².